The number of benzene rings is 1. The smallest absolute Gasteiger partial charge is 0.240 e. The molecule has 1 aliphatic rings. The average Bonchev–Trinajstić information content (AvgIpc) is 2.38. The molecule has 0 saturated carbocycles. The molecule has 0 bridgehead atoms. The van der Waals surface area contributed by atoms with Gasteiger partial charge in [0.2, 0.25) is 5.91 Å². The third-order valence-electron chi connectivity index (χ3n) is 3.35. The molecule has 0 spiro atoms. The van der Waals surface area contributed by atoms with E-state index in [1.165, 1.54) is 0 Å². The van der Waals surface area contributed by atoms with Crippen molar-refractivity contribution in [1.29, 1.82) is 0 Å². The van der Waals surface area contributed by atoms with E-state index in [4.69, 9.17) is 17.3 Å². The molecule has 0 aromatic heterocycles. The van der Waals surface area contributed by atoms with Gasteiger partial charge >= 0.3 is 0 Å². The zero-order chi connectivity index (χ0) is 13.1. The number of amides is 1. The van der Waals surface area contributed by atoms with Crippen LogP contribution >= 0.6 is 11.6 Å². The number of nitrogens with zero attached hydrogens (tertiary/aromatic N) is 1. The van der Waals surface area contributed by atoms with E-state index in [0.29, 0.717) is 5.02 Å². The summed E-state index contributed by atoms with van der Waals surface area (Å²) >= 11 is 5.91. The number of rotatable bonds is 3. The number of aliphatic hydroxyl groups excluding tert-OH is 1. The highest BCUT2D eigenvalue weighted by molar-refractivity contribution is 6.30. The molecule has 1 saturated heterocycles. The minimum Gasteiger partial charge on any atom is -0.392 e. The van der Waals surface area contributed by atoms with Gasteiger partial charge in [-0.2, -0.15) is 0 Å². The molecule has 1 fully saturated rings. The van der Waals surface area contributed by atoms with Gasteiger partial charge in [0.15, 0.2) is 0 Å². The number of nitrogens with two attached hydrogens (primary N) is 1. The summed E-state index contributed by atoms with van der Waals surface area (Å²) in [6.45, 7) is 0.681. The molecule has 1 aliphatic heterocycles. The van der Waals surface area contributed by atoms with Crippen LogP contribution in [0, 0.1) is 0 Å². The van der Waals surface area contributed by atoms with Crippen molar-refractivity contribution < 1.29 is 9.90 Å². The first-order valence-electron chi connectivity index (χ1n) is 6.08. The van der Waals surface area contributed by atoms with Crippen LogP contribution in [-0.4, -0.2) is 23.6 Å². The lowest BCUT2D eigenvalue weighted by Gasteiger charge is -2.36. The summed E-state index contributed by atoms with van der Waals surface area (Å²) in [6, 6.07) is 5.05. The van der Waals surface area contributed by atoms with Crippen molar-refractivity contribution in [2.45, 2.75) is 31.9 Å². The van der Waals surface area contributed by atoms with Crippen LogP contribution < -0.4 is 10.6 Å². The molecule has 3 N–H and O–H groups in total. The highest BCUT2D eigenvalue weighted by Crippen LogP contribution is 2.30. The normalized spacial score (nSPS) is 19.9. The number of hydrogen-bond donors (Lipinski definition) is 2. The maximum Gasteiger partial charge on any atom is 0.240 e. The van der Waals surface area contributed by atoms with Gasteiger partial charge in [-0.25, -0.2) is 0 Å². The van der Waals surface area contributed by atoms with Crippen LogP contribution in [0.4, 0.5) is 5.69 Å². The Kier molecular flexibility index (Phi) is 4.09. The van der Waals surface area contributed by atoms with Crippen molar-refractivity contribution in [1.82, 2.24) is 0 Å². The zero-order valence-corrected chi connectivity index (χ0v) is 10.9. The van der Waals surface area contributed by atoms with Gasteiger partial charge in [-0.15, -0.1) is 0 Å². The Morgan fingerprint density at radius 1 is 1.50 bits per heavy atom. The van der Waals surface area contributed by atoms with Crippen LogP contribution in [0.25, 0.3) is 0 Å². The molecular weight excluding hydrogens is 252 g/mol. The third-order valence-corrected chi connectivity index (χ3v) is 3.59. The van der Waals surface area contributed by atoms with Crippen LogP contribution in [0.1, 0.15) is 24.8 Å². The lowest BCUT2D eigenvalue weighted by molar-refractivity contribution is -0.119. The van der Waals surface area contributed by atoms with Gasteiger partial charge in [0.05, 0.1) is 6.61 Å². The van der Waals surface area contributed by atoms with Crippen molar-refractivity contribution in [2.75, 3.05) is 11.4 Å². The van der Waals surface area contributed by atoms with Crippen molar-refractivity contribution in [2.24, 2.45) is 5.73 Å². The summed E-state index contributed by atoms with van der Waals surface area (Å²) in [5, 5.41) is 9.98. The van der Waals surface area contributed by atoms with Gasteiger partial charge in [-0.05, 0) is 37.5 Å². The first-order chi connectivity index (χ1) is 8.63. The number of primary amides is 1. The van der Waals surface area contributed by atoms with Gasteiger partial charge in [0.1, 0.15) is 6.04 Å². The van der Waals surface area contributed by atoms with Gasteiger partial charge in [0, 0.05) is 22.8 Å². The lowest BCUT2D eigenvalue weighted by Crippen LogP contribution is -2.48. The first kappa shape index (κ1) is 13.2. The van der Waals surface area contributed by atoms with E-state index < -0.39 is 0 Å². The monoisotopic (exact) mass is 268 g/mol. The fourth-order valence-electron chi connectivity index (χ4n) is 2.48. The summed E-state index contributed by atoms with van der Waals surface area (Å²) in [5.41, 5.74) is 7.03. The number of aliphatic hydroxyl groups is 1. The zero-order valence-electron chi connectivity index (χ0n) is 10.1. The molecule has 5 heteroatoms. The molecule has 1 unspecified atom stereocenters. The van der Waals surface area contributed by atoms with E-state index in [0.717, 1.165) is 37.1 Å². The van der Waals surface area contributed by atoms with Crippen molar-refractivity contribution in [3.05, 3.63) is 28.8 Å². The Hall–Kier alpha value is -1.26. The Balaban J connectivity index is 2.36. The molecule has 1 heterocycles. The van der Waals surface area contributed by atoms with Crippen LogP contribution in [-0.2, 0) is 11.4 Å². The second-order valence-corrected chi connectivity index (χ2v) is 4.97. The molecule has 1 atom stereocenters. The van der Waals surface area contributed by atoms with E-state index in [1.54, 1.807) is 12.1 Å². The highest BCUT2D eigenvalue weighted by Gasteiger charge is 2.28. The van der Waals surface area contributed by atoms with Gasteiger partial charge in [-0.1, -0.05) is 11.6 Å². The topological polar surface area (TPSA) is 66.6 Å². The molecule has 1 aromatic carbocycles. The van der Waals surface area contributed by atoms with E-state index in [-0.39, 0.29) is 18.6 Å². The largest absolute Gasteiger partial charge is 0.392 e. The van der Waals surface area contributed by atoms with Gasteiger partial charge in [0.25, 0.3) is 0 Å². The van der Waals surface area contributed by atoms with Crippen molar-refractivity contribution >= 4 is 23.2 Å². The Morgan fingerprint density at radius 2 is 2.28 bits per heavy atom. The summed E-state index contributed by atoms with van der Waals surface area (Å²) < 4.78 is 0. The predicted octanol–water partition coefficient (Wildman–Crippen LogP) is 1.68. The molecule has 0 radical (unpaired) electrons. The number of anilines is 1. The maximum atomic E-state index is 11.5. The molecule has 1 amide bonds. The Labute approximate surface area is 111 Å². The highest BCUT2D eigenvalue weighted by atomic mass is 35.5. The Bertz CT molecular complexity index is 451. The van der Waals surface area contributed by atoms with Gasteiger partial charge in [-0.3, -0.25) is 4.79 Å². The summed E-state index contributed by atoms with van der Waals surface area (Å²) in [5.74, 6) is -0.312. The standard InChI is InChI=1S/C13H17ClN2O2/c14-10-4-5-11(9(7-10)8-17)16-6-2-1-3-12(16)13(15)18/h4-5,7,12,17H,1-3,6,8H2,(H2,15,18). The average molecular weight is 269 g/mol. The van der Waals surface area contributed by atoms with E-state index >= 15 is 0 Å². The van der Waals surface area contributed by atoms with E-state index in [2.05, 4.69) is 0 Å². The van der Waals surface area contributed by atoms with Crippen LogP contribution in [0.2, 0.25) is 5.02 Å². The number of hydrogen-bond acceptors (Lipinski definition) is 3. The third kappa shape index (κ3) is 2.60. The Morgan fingerprint density at radius 3 is 2.94 bits per heavy atom. The molecule has 0 aliphatic carbocycles. The number of piperidine rings is 1. The number of carbonyl (C=O) groups is 1. The summed E-state index contributed by atoms with van der Waals surface area (Å²) in [7, 11) is 0. The molecule has 2 rings (SSSR count). The quantitative estimate of drug-likeness (QED) is 0.876. The summed E-state index contributed by atoms with van der Waals surface area (Å²) in [6.07, 6.45) is 2.80. The number of carbonyl (C=O) groups excluding carboxylic acids is 1. The van der Waals surface area contributed by atoms with Crippen LogP contribution in [0.3, 0.4) is 0 Å². The second kappa shape index (κ2) is 5.59. The van der Waals surface area contributed by atoms with Crippen molar-refractivity contribution in [3.63, 3.8) is 0 Å². The SMILES string of the molecule is NC(=O)C1CCCCN1c1ccc(Cl)cc1CO. The minimum absolute atomic E-state index is 0.0993. The van der Waals surface area contributed by atoms with E-state index in [9.17, 15) is 9.90 Å². The summed E-state index contributed by atoms with van der Waals surface area (Å²) in [4.78, 5) is 13.5. The van der Waals surface area contributed by atoms with E-state index in [1.807, 2.05) is 11.0 Å². The van der Waals surface area contributed by atoms with Crippen molar-refractivity contribution in [3.8, 4) is 0 Å². The maximum absolute atomic E-state index is 11.5. The molecule has 98 valence electrons. The second-order valence-electron chi connectivity index (χ2n) is 4.54. The molecule has 18 heavy (non-hydrogen) atoms. The van der Waals surface area contributed by atoms with Crippen LogP contribution in [0.5, 0.6) is 0 Å². The fourth-order valence-corrected chi connectivity index (χ4v) is 2.67. The van der Waals surface area contributed by atoms with Crippen LogP contribution in [0.15, 0.2) is 18.2 Å². The molecule has 1 aromatic rings. The minimum atomic E-state index is -0.312. The number of halogens is 1. The van der Waals surface area contributed by atoms with Gasteiger partial charge < -0.3 is 15.7 Å². The first-order valence-corrected chi connectivity index (χ1v) is 6.46. The lowest BCUT2D eigenvalue weighted by atomic mass is 9.99. The fraction of sp³-hybridized carbons (Fsp3) is 0.462. The molecular formula is C13H17ClN2O2. The predicted molar refractivity (Wildman–Crippen MR) is 71.6 cm³/mol. The molecule has 4 nitrogen and oxygen atoms in total.